The number of phosphoric ester groups is 2. The fourth-order valence-electron chi connectivity index (χ4n) is 10.3. The van der Waals surface area contributed by atoms with Crippen LogP contribution in [0.5, 0.6) is 0 Å². The molecule has 0 aromatic rings. The van der Waals surface area contributed by atoms with Gasteiger partial charge in [0.2, 0.25) is 0 Å². The van der Waals surface area contributed by atoms with Crippen LogP contribution in [-0.2, 0) is 65.4 Å². The fraction of sp³-hybridized carbons (Fsp3) is 0.942. The maximum atomic E-state index is 13.0. The molecule has 0 aliphatic heterocycles. The minimum atomic E-state index is -4.95. The van der Waals surface area contributed by atoms with Crippen LogP contribution in [0.25, 0.3) is 0 Å². The molecule has 522 valence electrons. The van der Waals surface area contributed by atoms with Crippen molar-refractivity contribution in [2.75, 3.05) is 39.6 Å². The van der Waals surface area contributed by atoms with E-state index in [1.54, 1.807) is 0 Å². The van der Waals surface area contributed by atoms with E-state index in [0.717, 1.165) is 108 Å². The molecule has 19 heteroatoms. The van der Waals surface area contributed by atoms with Crippen molar-refractivity contribution in [2.24, 2.45) is 23.7 Å². The third-order valence-electron chi connectivity index (χ3n) is 15.8. The standard InChI is InChI=1S/C69H134O17P2/c1-59(2)45-37-29-21-15-12-10-9-11-13-17-26-35-43-51-68(73)85-64(56-80-67(72)50-42-34-27-19-23-31-39-47-61(5)6)57-83-87(75,76)81-53-63(70)54-82-88(77,78)84-58-65(86-69(74)52-44-36-28-20-24-32-40-48-62(7)8)55-79-66(71)49-41-33-25-18-14-16-22-30-38-46-60(3)4/h59-65,70H,9-58H2,1-8H3,(H,75,76)(H,77,78)/t63?,64-,65-/m1/s1. The number of unbranched alkanes of at least 4 members (excludes halogenated alkanes) is 32. The molecule has 0 amide bonds. The first-order valence-corrected chi connectivity index (χ1v) is 38.7. The lowest BCUT2D eigenvalue weighted by molar-refractivity contribution is -0.161. The Morgan fingerprint density at radius 3 is 0.705 bits per heavy atom. The Kier molecular flexibility index (Phi) is 57.6. The van der Waals surface area contributed by atoms with Crippen molar-refractivity contribution in [1.29, 1.82) is 0 Å². The Labute approximate surface area is 537 Å². The lowest BCUT2D eigenvalue weighted by atomic mass is 10.0. The Bertz CT molecular complexity index is 1750. The molecule has 0 heterocycles. The van der Waals surface area contributed by atoms with E-state index in [4.69, 9.17) is 37.0 Å². The van der Waals surface area contributed by atoms with Crippen molar-refractivity contribution in [3.8, 4) is 0 Å². The predicted octanol–water partition coefficient (Wildman–Crippen LogP) is 19.3. The van der Waals surface area contributed by atoms with Crippen molar-refractivity contribution in [3.05, 3.63) is 0 Å². The highest BCUT2D eigenvalue weighted by molar-refractivity contribution is 7.47. The van der Waals surface area contributed by atoms with Crippen molar-refractivity contribution in [1.82, 2.24) is 0 Å². The van der Waals surface area contributed by atoms with Gasteiger partial charge in [-0.15, -0.1) is 0 Å². The van der Waals surface area contributed by atoms with Gasteiger partial charge in [-0.3, -0.25) is 37.3 Å². The van der Waals surface area contributed by atoms with Crippen LogP contribution in [-0.4, -0.2) is 96.7 Å². The molecule has 0 spiro atoms. The van der Waals surface area contributed by atoms with Crippen LogP contribution in [0.4, 0.5) is 0 Å². The van der Waals surface area contributed by atoms with Gasteiger partial charge in [0.1, 0.15) is 19.3 Å². The van der Waals surface area contributed by atoms with E-state index in [0.29, 0.717) is 37.5 Å². The Balaban J connectivity index is 5.23. The van der Waals surface area contributed by atoms with Gasteiger partial charge in [-0.2, -0.15) is 0 Å². The van der Waals surface area contributed by atoms with Crippen LogP contribution >= 0.6 is 15.6 Å². The number of aliphatic hydroxyl groups excluding tert-OH is 1. The maximum absolute atomic E-state index is 13.0. The van der Waals surface area contributed by atoms with E-state index in [9.17, 15) is 43.2 Å². The summed E-state index contributed by atoms with van der Waals surface area (Å²) in [5, 5.41) is 10.6. The van der Waals surface area contributed by atoms with Crippen LogP contribution in [0.15, 0.2) is 0 Å². The van der Waals surface area contributed by atoms with E-state index in [1.807, 2.05) is 0 Å². The van der Waals surface area contributed by atoms with Gasteiger partial charge in [0.25, 0.3) is 0 Å². The smallest absolute Gasteiger partial charge is 0.462 e. The SMILES string of the molecule is CC(C)CCCCCCCCCCCCCCCC(=O)O[C@H](COC(=O)CCCCCCCCCC(C)C)COP(=O)(O)OCC(O)COP(=O)(O)OC[C@@H](COC(=O)CCCCCCCCCCCC(C)C)OC(=O)CCCCCCCCCC(C)C. The first-order valence-electron chi connectivity index (χ1n) is 35.7. The van der Waals surface area contributed by atoms with Gasteiger partial charge in [-0.05, 0) is 49.4 Å². The van der Waals surface area contributed by atoms with Crippen LogP contribution in [0.3, 0.4) is 0 Å². The highest BCUT2D eigenvalue weighted by atomic mass is 31.2. The topological polar surface area (TPSA) is 237 Å². The molecule has 0 aliphatic rings. The average molecular weight is 1300 g/mol. The summed E-state index contributed by atoms with van der Waals surface area (Å²) in [4.78, 5) is 72.4. The molecule has 0 aromatic heterocycles. The molecule has 3 N–H and O–H groups in total. The molecule has 0 aliphatic carbocycles. The molecule has 0 saturated carbocycles. The third-order valence-corrected chi connectivity index (χ3v) is 17.7. The summed E-state index contributed by atoms with van der Waals surface area (Å²) in [5.41, 5.74) is 0. The molecule has 0 saturated heterocycles. The zero-order valence-corrected chi connectivity index (χ0v) is 59.1. The largest absolute Gasteiger partial charge is 0.472 e. The van der Waals surface area contributed by atoms with Crippen LogP contribution in [0, 0.1) is 23.7 Å². The molecule has 0 bridgehead atoms. The molecule has 17 nitrogen and oxygen atoms in total. The number of esters is 4. The Hall–Kier alpha value is -1.94. The molecule has 3 unspecified atom stereocenters. The predicted molar refractivity (Wildman–Crippen MR) is 354 cm³/mol. The molecule has 0 rings (SSSR count). The number of phosphoric acid groups is 2. The van der Waals surface area contributed by atoms with Gasteiger partial charge >= 0.3 is 39.5 Å². The Morgan fingerprint density at radius 2 is 0.477 bits per heavy atom. The molecule has 0 radical (unpaired) electrons. The molecular weight excluding hydrogens is 1160 g/mol. The molecule has 5 atom stereocenters. The number of ether oxygens (including phenoxy) is 4. The minimum absolute atomic E-state index is 0.102. The highest BCUT2D eigenvalue weighted by Gasteiger charge is 2.30. The summed E-state index contributed by atoms with van der Waals surface area (Å²) in [6.07, 6.45) is 40.5. The molecule has 0 aromatic carbocycles. The van der Waals surface area contributed by atoms with Crippen molar-refractivity contribution >= 4 is 39.5 Å². The summed E-state index contributed by atoms with van der Waals surface area (Å²) in [6.45, 7) is 14.0. The number of carbonyl (C=O) groups is 4. The lowest BCUT2D eigenvalue weighted by Gasteiger charge is -2.21. The van der Waals surface area contributed by atoms with Gasteiger partial charge in [-0.25, -0.2) is 9.13 Å². The lowest BCUT2D eigenvalue weighted by Crippen LogP contribution is -2.30. The zero-order chi connectivity index (χ0) is 65.4. The summed E-state index contributed by atoms with van der Waals surface area (Å²) < 4.78 is 68.2. The number of aliphatic hydroxyl groups is 1. The second-order valence-electron chi connectivity index (χ2n) is 26.8. The zero-order valence-electron chi connectivity index (χ0n) is 57.3. The van der Waals surface area contributed by atoms with Gasteiger partial charge in [0.15, 0.2) is 12.2 Å². The van der Waals surface area contributed by atoms with Crippen LogP contribution < -0.4 is 0 Å². The average Bonchev–Trinajstić information content (AvgIpc) is 3.46. The number of hydrogen-bond donors (Lipinski definition) is 3. The summed E-state index contributed by atoms with van der Waals surface area (Å²) in [7, 11) is -9.90. The fourth-order valence-corrected chi connectivity index (χ4v) is 11.9. The van der Waals surface area contributed by atoms with Crippen molar-refractivity contribution in [2.45, 2.75) is 356 Å². The minimum Gasteiger partial charge on any atom is -0.462 e. The van der Waals surface area contributed by atoms with E-state index in [1.165, 1.54) is 135 Å². The van der Waals surface area contributed by atoms with E-state index in [-0.39, 0.29) is 25.7 Å². The van der Waals surface area contributed by atoms with E-state index < -0.39 is 97.5 Å². The number of carbonyl (C=O) groups excluding carboxylic acids is 4. The van der Waals surface area contributed by atoms with Crippen molar-refractivity contribution in [3.63, 3.8) is 0 Å². The third kappa shape index (κ3) is 62.8. The highest BCUT2D eigenvalue weighted by Crippen LogP contribution is 2.45. The number of rotatable bonds is 66. The maximum Gasteiger partial charge on any atom is 0.472 e. The van der Waals surface area contributed by atoms with Gasteiger partial charge in [0, 0.05) is 25.7 Å². The second kappa shape index (κ2) is 58.8. The van der Waals surface area contributed by atoms with Crippen LogP contribution in [0.1, 0.15) is 338 Å². The Morgan fingerprint density at radius 1 is 0.284 bits per heavy atom. The second-order valence-corrected chi connectivity index (χ2v) is 29.7. The van der Waals surface area contributed by atoms with E-state index in [2.05, 4.69) is 55.4 Å². The van der Waals surface area contributed by atoms with Gasteiger partial charge < -0.3 is 33.8 Å². The molecule has 88 heavy (non-hydrogen) atoms. The summed E-state index contributed by atoms with van der Waals surface area (Å²) in [5.74, 6) is 0.798. The van der Waals surface area contributed by atoms with Gasteiger partial charge in [0.05, 0.1) is 26.4 Å². The number of hydrogen-bond acceptors (Lipinski definition) is 15. The quantitative estimate of drug-likeness (QED) is 0.0222. The first-order chi connectivity index (χ1) is 42.1. The van der Waals surface area contributed by atoms with Crippen LogP contribution in [0.2, 0.25) is 0 Å². The normalized spacial score (nSPS) is 14.3. The molecular formula is C69H134O17P2. The van der Waals surface area contributed by atoms with Crippen molar-refractivity contribution < 1.29 is 80.2 Å². The van der Waals surface area contributed by atoms with Gasteiger partial charge in [-0.1, -0.05) is 287 Å². The summed E-state index contributed by atoms with van der Waals surface area (Å²) in [6, 6.07) is 0. The van der Waals surface area contributed by atoms with E-state index >= 15 is 0 Å². The summed E-state index contributed by atoms with van der Waals surface area (Å²) >= 11 is 0. The monoisotopic (exact) mass is 1300 g/mol. The first kappa shape index (κ1) is 86.1. The molecule has 0 fully saturated rings.